The van der Waals surface area contributed by atoms with Gasteiger partial charge in [-0.15, -0.1) is 0 Å². The Kier molecular flexibility index (Phi) is 4.82. The molecule has 0 aliphatic carbocycles. The van der Waals surface area contributed by atoms with Crippen molar-refractivity contribution in [2.24, 2.45) is 10.8 Å². The summed E-state index contributed by atoms with van der Waals surface area (Å²) in [7, 11) is 0. The van der Waals surface area contributed by atoms with E-state index in [1.807, 2.05) is 13.8 Å². The van der Waals surface area contributed by atoms with Crippen molar-refractivity contribution in [3.8, 4) is 0 Å². The van der Waals surface area contributed by atoms with Gasteiger partial charge in [-0.1, -0.05) is 34.6 Å². The van der Waals surface area contributed by atoms with Crippen LogP contribution in [0.2, 0.25) is 0 Å². The van der Waals surface area contributed by atoms with E-state index in [0.717, 1.165) is 6.42 Å². The third kappa shape index (κ3) is 8.46. The lowest BCUT2D eigenvalue weighted by atomic mass is 9.74. The van der Waals surface area contributed by atoms with Crippen LogP contribution in [-0.4, -0.2) is 11.9 Å². The quantitative estimate of drug-likeness (QED) is 0.762. The summed E-state index contributed by atoms with van der Waals surface area (Å²) in [5, 5.41) is 2.95. The molecule has 0 heterocycles. The normalized spacial score (nSPS) is 13.1. The zero-order valence-electron chi connectivity index (χ0n) is 11.4. The molecule has 0 fully saturated rings. The fourth-order valence-electron chi connectivity index (χ4n) is 2.31. The molecule has 0 bridgehead atoms. The Balaban J connectivity index is 4.19. The number of nitrogens with one attached hydrogen (secondary N) is 1. The smallest absolute Gasteiger partial charge is 0.220 e. The molecule has 0 aromatic carbocycles. The average Bonchev–Trinajstić information content (AvgIpc) is 1.73. The van der Waals surface area contributed by atoms with Crippen LogP contribution in [0, 0.1) is 10.8 Å². The van der Waals surface area contributed by atoms with Crippen molar-refractivity contribution in [2.75, 3.05) is 0 Å². The van der Waals surface area contributed by atoms with Gasteiger partial charge in [0.15, 0.2) is 0 Å². The lowest BCUT2D eigenvalue weighted by Gasteiger charge is -2.32. The standard InChI is InChI=1S/C13H27NO/c1-10(2)14-11(15)8-13(6,7)9-12(3,4)5/h10H,8-9H2,1-7H3,(H,14,15). The van der Waals surface area contributed by atoms with Gasteiger partial charge in [0.25, 0.3) is 0 Å². The van der Waals surface area contributed by atoms with Crippen LogP contribution in [-0.2, 0) is 4.79 Å². The maximum absolute atomic E-state index is 11.6. The number of carbonyl (C=O) groups is 1. The summed E-state index contributed by atoms with van der Waals surface area (Å²) in [6.45, 7) is 15.0. The third-order valence-electron chi connectivity index (χ3n) is 2.10. The van der Waals surface area contributed by atoms with E-state index in [-0.39, 0.29) is 22.8 Å². The van der Waals surface area contributed by atoms with Gasteiger partial charge in [0.1, 0.15) is 0 Å². The molecule has 2 heteroatoms. The van der Waals surface area contributed by atoms with Crippen LogP contribution in [0.1, 0.15) is 61.3 Å². The molecule has 0 aliphatic heterocycles. The average molecular weight is 213 g/mol. The fraction of sp³-hybridized carbons (Fsp3) is 0.923. The number of hydrogen-bond acceptors (Lipinski definition) is 1. The summed E-state index contributed by atoms with van der Waals surface area (Å²) < 4.78 is 0. The second kappa shape index (κ2) is 5.00. The van der Waals surface area contributed by atoms with Crippen LogP contribution in [0.5, 0.6) is 0 Å². The molecular weight excluding hydrogens is 186 g/mol. The first-order chi connectivity index (χ1) is 6.52. The summed E-state index contributed by atoms with van der Waals surface area (Å²) >= 11 is 0. The van der Waals surface area contributed by atoms with E-state index in [0.29, 0.717) is 6.42 Å². The Bertz CT molecular complexity index is 211. The molecule has 0 rings (SSSR count). The van der Waals surface area contributed by atoms with Crippen molar-refractivity contribution in [1.82, 2.24) is 5.32 Å². The van der Waals surface area contributed by atoms with Gasteiger partial charge in [-0.2, -0.15) is 0 Å². The van der Waals surface area contributed by atoms with Crippen LogP contribution in [0.25, 0.3) is 0 Å². The summed E-state index contributed by atoms with van der Waals surface area (Å²) in [5.41, 5.74) is 0.360. The molecule has 15 heavy (non-hydrogen) atoms. The molecule has 0 saturated carbocycles. The van der Waals surface area contributed by atoms with Gasteiger partial charge in [-0.25, -0.2) is 0 Å². The van der Waals surface area contributed by atoms with Crippen LogP contribution in [0.3, 0.4) is 0 Å². The van der Waals surface area contributed by atoms with E-state index in [2.05, 4.69) is 39.9 Å². The van der Waals surface area contributed by atoms with E-state index in [4.69, 9.17) is 0 Å². The number of hydrogen-bond donors (Lipinski definition) is 1. The Labute approximate surface area is 94.8 Å². The molecule has 0 aliphatic rings. The molecule has 0 unspecified atom stereocenters. The number of rotatable bonds is 4. The van der Waals surface area contributed by atoms with E-state index in [9.17, 15) is 4.79 Å². The Morgan fingerprint density at radius 1 is 1.13 bits per heavy atom. The first kappa shape index (κ1) is 14.5. The predicted octanol–water partition coefficient (Wildman–Crippen LogP) is 3.36. The maximum atomic E-state index is 11.6. The highest BCUT2D eigenvalue weighted by Gasteiger charge is 2.27. The van der Waals surface area contributed by atoms with Gasteiger partial charge < -0.3 is 5.32 Å². The van der Waals surface area contributed by atoms with E-state index < -0.39 is 0 Å². The maximum Gasteiger partial charge on any atom is 0.220 e. The first-order valence-electron chi connectivity index (χ1n) is 5.81. The first-order valence-corrected chi connectivity index (χ1v) is 5.81. The van der Waals surface area contributed by atoms with E-state index in [1.165, 1.54) is 0 Å². The highest BCUT2D eigenvalue weighted by molar-refractivity contribution is 5.76. The molecule has 0 saturated heterocycles. The van der Waals surface area contributed by atoms with Crippen molar-refractivity contribution >= 4 is 5.91 Å². The van der Waals surface area contributed by atoms with Crippen LogP contribution < -0.4 is 5.32 Å². The van der Waals surface area contributed by atoms with Crippen molar-refractivity contribution in [3.05, 3.63) is 0 Å². The molecule has 2 nitrogen and oxygen atoms in total. The van der Waals surface area contributed by atoms with Crippen LogP contribution in [0.15, 0.2) is 0 Å². The molecule has 0 atom stereocenters. The summed E-state index contributed by atoms with van der Waals surface area (Å²) in [6.07, 6.45) is 1.67. The monoisotopic (exact) mass is 213 g/mol. The predicted molar refractivity (Wildman–Crippen MR) is 65.7 cm³/mol. The van der Waals surface area contributed by atoms with Gasteiger partial charge >= 0.3 is 0 Å². The lowest BCUT2D eigenvalue weighted by Crippen LogP contribution is -2.34. The largest absolute Gasteiger partial charge is 0.354 e. The minimum Gasteiger partial charge on any atom is -0.354 e. The minimum atomic E-state index is 0.0806. The summed E-state index contributed by atoms with van der Waals surface area (Å²) in [6, 6.07) is 0.239. The van der Waals surface area contributed by atoms with Gasteiger partial charge in [-0.05, 0) is 31.1 Å². The number of carbonyl (C=O) groups excluding carboxylic acids is 1. The molecule has 0 radical (unpaired) electrons. The zero-order chi connectivity index (χ0) is 12.3. The molecule has 0 aromatic rings. The highest BCUT2D eigenvalue weighted by Crippen LogP contribution is 2.35. The second-order valence-electron chi connectivity index (χ2n) is 6.80. The summed E-state index contributed by atoms with van der Waals surface area (Å²) in [5.74, 6) is 0.166. The van der Waals surface area contributed by atoms with Crippen LogP contribution >= 0.6 is 0 Å². The molecule has 0 spiro atoms. The van der Waals surface area contributed by atoms with Crippen molar-refractivity contribution in [2.45, 2.75) is 67.3 Å². The van der Waals surface area contributed by atoms with Gasteiger partial charge in [0.2, 0.25) is 5.91 Å². The fourth-order valence-corrected chi connectivity index (χ4v) is 2.31. The van der Waals surface area contributed by atoms with Crippen LogP contribution in [0.4, 0.5) is 0 Å². The van der Waals surface area contributed by atoms with Crippen molar-refractivity contribution in [1.29, 1.82) is 0 Å². The van der Waals surface area contributed by atoms with Gasteiger partial charge in [0, 0.05) is 12.5 Å². The van der Waals surface area contributed by atoms with Gasteiger partial charge in [0.05, 0.1) is 0 Å². The highest BCUT2D eigenvalue weighted by atomic mass is 16.1. The van der Waals surface area contributed by atoms with E-state index >= 15 is 0 Å². The van der Waals surface area contributed by atoms with E-state index in [1.54, 1.807) is 0 Å². The molecule has 1 amide bonds. The van der Waals surface area contributed by atoms with Crippen molar-refractivity contribution < 1.29 is 4.79 Å². The van der Waals surface area contributed by atoms with Gasteiger partial charge in [-0.3, -0.25) is 4.79 Å². The Morgan fingerprint density at radius 2 is 1.60 bits per heavy atom. The third-order valence-corrected chi connectivity index (χ3v) is 2.10. The Morgan fingerprint density at radius 3 is 1.93 bits per heavy atom. The Hall–Kier alpha value is -0.530. The minimum absolute atomic E-state index is 0.0806. The topological polar surface area (TPSA) is 29.1 Å². The zero-order valence-corrected chi connectivity index (χ0v) is 11.4. The molecule has 0 aromatic heterocycles. The molecular formula is C13H27NO. The summed E-state index contributed by atoms with van der Waals surface area (Å²) in [4.78, 5) is 11.6. The molecule has 1 N–H and O–H groups in total. The molecule has 90 valence electrons. The SMILES string of the molecule is CC(C)NC(=O)CC(C)(C)CC(C)(C)C. The number of amides is 1. The van der Waals surface area contributed by atoms with Crippen molar-refractivity contribution in [3.63, 3.8) is 0 Å². The second-order valence-corrected chi connectivity index (χ2v) is 6.80. The lowest BCUT2D eigenvalue weighted by molar-refractivity contribution is -0.123.